The summed E-state index contributed by atoms with van der Waals surface area (Å²) in [6.45, 7) is 3.71. The summed E-state index contributed by atoms with van der Waals surface area (Å²) in [4.78, 5) is 13.1. The first-order chi connectivity index (χ1) is 38.1. The SMILES string of the molecule is CCCCCC/C=C\C/C=C\CCCCCCCCCC(=O)OC(COCCCCCCCCCCCCCCCC/C=C\CCCCCCCCCC)COC1OC(COC2OC(CO)C(O)C(O)C2O)C(O)C(O)C1O. The van der Waals surface area contributed by atoms with Gasteiger partial charge in [-0.15, -0.1) is 0 Å². The predicted molar refractivity (Wildman–Crippen MR) is 312 cm³/mol. The third kappa shape index (κ3) is 36.6. The summed E-state index contributed by atoms with van der Waals surface area (Å²) in [5.41, 5.74) is 0. The fourth-order valence-electron chi connectivity index (χ4n) is 10.2. The van der Waals surface area contributed by atoms with E-state index in [1.165, 1.54) is 186 Å². The molecule has 2 fully saturated rings. The number of aliphatic hydroxyl groups excluding tert-OH is 7. The van der Waals surface area contributed by atoms with E-state index in [1.54, 1.807) is 0 Å². The van der Waals surface area contributed by atoms with Crippen molar-refractivity contribution in [2.24, 2.45) is 0 Å². The molecule has 0 amide bonds. The van der Waals surface area contributed by atoms with E-state index in [9.17, 15) is 40.5 Å². The number of ether oxygens (including phenoxy) is 6. The van der Waals surface area contributed by atoms with Gasteiger partial charge in [0.25, 0.3) is 0 Å². The average Bonchev–Trinajstić information content (AvgIpc) is 3.45. The van der Waals surface area contributed by atoms with Crippen LogP contribution in [0, 0.1) is 0 Å². The highest BCUT2D eigenvalue weighted by Crippen LogP contribution is 2.27. The Morgan fingerprint density at radius 3 is 1.26 bits per heavy atom. The Morgan fingerprint density at radius 2 is 0.795 bits per heavy atom. The molecule has 0 aromatic carbocycles. The van der Waals surface area contributed by atoms with Crippen molar-refractivity contribution in [3.8, 4) is 0 Å². The number of hydrogen-bond acceptors (Lipinski definition) is 14. The molecule has 0 bridgehead atoms. The molecule has 78 heavy (non-hydrogen) atoms. The number of rotatable bonds is 53. The molecule has 0 radical (unpaired) electrons. The summed E-state index contributed by atoms with van der Waals surface area (Å²) in [5, 5.41) is 72.5. The van der Waals surface area contributed by atoms with Crippen LogP contribution < -0.4 is 0 Å². The Morgan fingerprint density at radius 1 is 0.423 bits per heavy atom. The highest BCUT2D eigenvalue weighted by molar-refractivity contribution is 5.69. The number of carbonyl (C=O) groups excluding carboxylic acids is 1. The Kier molecular flexibility index (Phi) is 47.2. The van der Waals surface area contributed by atoms with Crippen LogP contribution in [0.25, 0.3) is 0 Å². The molecular weight excluding hydrogens is 993 g/mol. The highest BCUT2D eigenvalue weighted by Gasteiger charge is 2.47. The van der Waals surface area contributed by atoms with E-state index in [0.29, 0.717) is 13.0 Å². The summed E-state index contributed by atoms with van der Waals surface area (Å²) in [7, 11) is 0. The molecule has 0 aromatic rings. The number of esters is 1. The lowest BCUT2D eigenvalue weighted by molar-refractivity contribution is -0.332. The van der Waals surface area contributed by atoms with E-state index < -0.39 is 80.7 Å². The van der Waals surface area contributed by atoms with Crippen LogP contribution in [-0.4, -0.2) is 142 Å². The molecule has 458 valence electrons. The first kappa shape index (κ1) is 72.3. The first-order valence-corrected chi connectivity index (χ1v) is 32.1. The standard InChI is InChI=1S/C64H118O14/c1-3-5-7-9-11-13-15-17-19-21-23-24-25-26-27-28-29-30-32-34-36-38-40-42-44-46-48-73-50-53(76-56(66)47-45-43-41-39-37-35-33-31-22-20-18-16-14-12-10-8-6-4-2)51-74-63-62(72)60(70)58(68)55(78-63)52-75-64-61(71)59(69)57(67)54(49-65)77-64/h14,16,20-23,53-55,57-65,67-72H,3-13,15,17-19,24-52H2,1-2H3/b16-14-,22-20-,23-21-. The van der Waals surface area contributed by atoms with Crippen LogP contribution in [0.5, 0.6) is 0 Å². The fourth-order valence-corrected chi connectivity index (χ4v) is 10.2. The van der Waals surface area contributed by atoms with E-state index >= 15 is 0 Å². The van der Waals surface area contributed by atoms with Crippen molar-refractivity contribution in [2.45, 2.75) is 332 Å². The summed E-state index contributed by atoms with van der Waals surface area (Å²) in [5.74, 6) is -0.380. The highest BCUT2D eigenvalue weighted by atomic mass is 16.7. The molecule has 14 heteroatoms. The molecule has 0 spiro atoms. The van der Waals surface area contributed by atoms with Crippen LogP contribution in [0.2, 0.25) is 0 Å². The minimum absolute atomic E-state index is 0.0607. The smallest absolute Gasteiger partial charge is 0.306 e. The minimum Gasteiger partial charge on any atom is -0.457 e. The Bertz CT molecular complexity index is 1430. The van der Waals surface area contributed by atoms with Crippen molar-refractivity contribution in [1.29, 1.82) is 0 Å². The molecule has 2 heterocycles. The van der Waals surface area contributed by atoms with Crippen LogP contribution >= 0.6 is 0 Å². The maximum absolute atomic E-state index is 13.1. The van der Waals surface area contributed by atoms with Gasteiger partial charge >= 0.3 is 5.97 Å². The summed E-state index contributed by atoms with van der Waals surface area (Å²) >= 11 is 0. The molecular formula is C64H118O14. The normalized spacial score (nSPS) is 24.3. The van der Waals surface area contributed by atoms with Crippen LogP contribution in [-0.2, 0) is 33.2 Å². The molecule has 0 aliphatic carbocycles. The van der Waals surface area contributed by atoms with E-state index in [0.717, 1.165) is 51.4 Å². The number of carbonyl (C=O) groups is 1. The van der Waals surface area contributed by atoms with Gasteiger partial charge in [-0.1, -0.05) is 224 Å². The van der Waals surface area contributed by atoms with Crippen LogP contribution in [0.1, 0.15) is 264 Å². The fraction of sp³-hybridized carbons (Fsp3) is 0.891. The van der Waals surface area contributed by atoms with E-state index in [-0.39, 0.29) is 25.6 Å². The quantitative estimate of drug-likeness (QED) is 0.0172. The van der Waals surface area contributed by atoms with Crippen LogP contribution in [0.15, 0.2) is 36.5 Å². The van der Waals surface area contributed by atoms with Crippen LogP contribution in [0.4, 0.5) is 0 Å². The molecule has 11 atom stereocenters. The van der Waals surface area contributed by atoms with Crippen molar-refractivity contribution in [3.63, 3.8) is 0 Å². The summed E-state index contributed by atoms with van der Waals surface area (Å²) in [6, 6.07) is 0. The van der Waals surface area contributed by atoms with Gasteiger partial charge in [0.05, 0.1) is 26.4 Å². The molecule has 7 N–H and O–H groups in total. The number of hydrogen-bond donors (Lipinski definition) is 7. The maximum Gasteiger partial charge on any atom is 0.306 e. The van der Waals surface area contributed by atoms with Gasteiger partial charge in [-0.2, -0.15) is 0 Å². The monoisotopic (exact) mass is 1110 g/mol. The summed E-state index contributed by atoms with van der Waals surface area (Å²) < 4.78 is 34.5. The van der Waals surface area contributed by atoms with Gasteiger partial charge in [0, 0.05) is 13.0 Å². The number of unbranched alkanes of at least 4 members (excludes halogenated alkanes) is 33. The Hall–Kier alpha value is -1.79. The molecule has 14 nitrogen and oxygen atoms in total. The second-order valence-corrected chi connectivity index (χ2v) is 22.6. The largest absolute Gasteiger partial charge is 0.457 e. The lowest BCUT2D eigenvalue weighted by atomic mass is 9.98. The van der Waals surface area contributed by atoms with Crippen molar-refractivity contribution in [2.75, 3.05) is 33.0 Å². The number of aliphatic hydroxyl groups is 7. The topological polar surface area (TPSA) is 214 Å². The van der Waals surface area contributed by atoms with Crippen LogP contribution in [0.3, 0.4) is 0 Å². The zero-order chi connectivity index (χ0) is 56.5. The predicted octanol–water partition coefficient (Wildman–Crippen LogP) is 12.5. The van der Waals surface area contributed by atoms with Crippen molar-refractivity contribution in [1.82, 2.24) is 0 Å². The number of allylic oxidation sites excluding steroid dienone is 6. The first-order valence-electron chi connectivity index (χ1n) is 32.1. The zero-order valence-electron chi connectivity index (χ0n) is 49.4. The van der Waals surface area contributed by atoms with Gasteiger partial charge in [-0.3, -0.25) is 4.79 Å². The van der Waals surface area contributed by atoms with Gasteiger partial charge in [-0.25, -0.2) is 0 Å². The molecule has 2 aliphatic heterocycles. The van der Waals surface area contributed by atoms with Gasteiger partial charge in [0.2, 0.25) is 0 Å². The van der Waals surface area contributed by atoms with Crippen molar-refractivity contribution in [3.05, 3.63) is 36.5 Å². The second-order valence-electron chi connectivity index (χ2n) is 22.6. The maximum atomic E-state index is 13.1. The molecule has 11 unspecified atom stereocenters. The second kappa shape index (κ2) is 50.9. The Labute approximate surface area is 474 Å². The van der Waals surface area contributed by atoms with E-state index in [2.05, 4.69) is 50.3 Å². The molecule has 2 saturated heterocycles. The Balaban J connectivity index is 1.66. The third-order valence-electron chi connectivity index (χ3n) is 15.4. The molecule has 2 aliphatic rings. The van der Waals surface area contributed by atoms with E-state index in [4.69, 9.17) is 28.4 Å². The van der Waals surface area contributed by atoms with Gasteiger partial charge in [-0.05, 0) is 70.6 Å². The molecule has 0 aromatic heterocycles. The third-order valence-corrected chi connectivity index (χ3v) is 15.4. The van der Waals surface area contributed by atoms with Crippen molar-refractivity contribution < 1.29 is 69.0 Å². The molecule has 0 saturated carbocycles. The van der Waals surface area contributed by atoms with Gasteiger partial charge < -0.3 is 64.2 Å². The van der Waals surface area contributed by atoms with E-state index in [1.807, 2.05) is 0 Å². The lowest BCUT2D eigenvalue weighted by Crippen LogP contribution is -2.61. The molecule has 2 rings (SSSR count). The van der Waals surface area contributed by atoms with Crippen molar-refractivity contribution >= 4 is 5.97 Å². The summed E-state index contributed by atoms with van der Waals surface area (Å²) in [6.07, 6.45) is 45.0. The van der Waals surface area contributed by atoms with Gasteiger partial charge in [0.1, 0.15) is 54.9 Å². The van der Waals surface area contributed by atoms with Gasteiger partial charge in [0.15, 0.2) is 12.6 Å². The lowest BCUT2D eigenvalue weighted by Gasteiger charge is -2.42. The average molecular weight is 1110 g/mol. The zero-order valence-corrected chi connectivity index (χ0v) is 49.4. The minimum atomic E-state index is -1.71.